The van der Waals surface area contributed by atoms with Crippen LogP contribution in [-0.2, 0) is 26.1 Å². The third-order valence-electron chi connectivity index (χ3n) is 2.44. The highest BCUT2D eigenvalue weighted by atomic mass is 32.2. The van der Waals surface area contributed by atoms with Crippen molar-refractivity contribution >= 4 is 22.1 Å². The van der Waals surface area contributed by atoms with Crippen LogP contribution in [0.15, 0.2) is 30.3 Å². The maximum Gasteiger partial charge on any atom is 0.330 e. The van der Waals surface area contributed by atoms with Crippen molar-refractivity contribution in [1.29, 1.82) is 0 Å². The first-order valence-corrected chi connectivity index (χ1v) is 7.44. The summed E-state index contributed by atoms with van der Waals surface area (Å²) in [4.78, 5) is 11.0. The van der Waals surface area contributed by atoms with Gasteiger partial charge in [-0.2, -0.15) is 0 Å². The van der Waals surface area contributed by atoms with Crippen LogP contribution in [0.4, 0.5) is 0 Å². The smallest absolute Gasteiger partial charge is 0.330 e. The summed E-state index contributed by atoms with van der Waals surface area (Å²) >= 11 is 0. The minimum atomic E-state index is -3.20. The lowest BCUT2D eigenvalue weighted by Crippen LogP contribution is -2.24. The number of carbonyl (C=O) groups is 1. The van der Waals surface area contributed by atoms with Gasteiger partial charge in [-0.15, -0.1) is 0 Å². The summed E-state index contributed by atoms with van der Waals surface area (Å²) in [6.45, 7) is 1.81. The van der Waals surface area contributed by atoms with E-state index in [2.05, 4.69) is 9.46 Å². The summed E-state index contributed by atoms with van der Waals surface area (Å²) in [5.74, 6) is -0.383. The van der Waals surface area contributed by atoms with E-state index in [1.165, 1.54) is 13.2 Å². The van der Waals surface area contributed by atoms with Gasteiger partial charge in [0.2, 0.25) is 10.0 Å². The Morgan fingerprint density at radius 2 is 2.16 bits per heavy atom. The minimum Gasteiger partial charge on any atom is -0.466 e. The molecule has 0 aromatic heterocycles. The normalized spacial score (nSPS) is 11.7. The van der Waals surface area contributed by atoms with Gasteiger partial charge in [0.15, 0.2) is 0 Å². The summed E-state index contributed by atoms with van der Waals surface area (Å²) in [7, 11) is -1.89. The summed E-state index contributed by atoms with van der Waals surface area (Å²) in [6, 6.07) is 7.23. The predicted molar refractivity (Wildman–Crippen MR) is 73.8 cm³/mol. The SMILES string of the molecule is CCS(=O)(=O)NCc1cccc(/C=C/C(=O)OC)c1. The molecule has 1 N–H and O–H groups in total. The highest BCUT2D eigenvalue weighted by Crippen LogP contribution is 2.07. The number of rotatable bonds is 6. The summed E-state index contributed by atoms with van der Waals surface area (Å²) in [5, 5.41) is 0. The Labute approximate surface area is 113 Å². The van der Waals surface area contributed by atoms with Crippen molar-refractivity contribution in [3.63, 3.8) is 0 Å². The molecule has 6 heteroatoms. The van der Waals surface area contributed by atoms with Crippen LogP contribution in [0.2, 0.25) is 0 Å². The second-order valence-corrected chi connectivity index (χ2v) is 5.92. The Morgan fingerprint density at radius 1 is 1.42 bits per heavy atom. The zero-order chi connectivity index (χ0) is 14.3. The number of esters is 1. The molecule has 0 aliphatic rings. The molecule has 104 valence electrons. The van der Waals surface area contributed by atoms with Gasteiger partial charge in [-0.1, -0.05) is 24.3 Å². The predicted octanol–water partition coefficient (Wildman–Crippen LogP) is 1.31. The standard InChI is InChI=1S/C13H17NO4S/c1-3-19(16,17)14-10-12-6-4-5-11(9-12)7-8-13(15)18-2/h4-9,14H,3,10H2,1-2H3/b8-7+. The molecule has 19 heavy (non-hydrogen) atoms. The van der Waals surface area contributed by atoms with E-state index >= 15 is 0 Å². The molecule has 0 radical (unpaired) electrons. The topological polar surface area (TPSA) is 72.5 Å². The molecule has 0 spiro atoms. The Hall–Kier alpha value is -1.66. The average Bonchev–Trinajstić information content (AvgIpc) is 2.43. The molecule has 1 aromatic carbocycles. The van der Waals surface area contributed by atoms with Gasteiger partial charge < -0.3 is 4.74 Å². The van der Waals surface area contributed by atoms with Crippen LogP contribution in [0.5, 0.6) is 0 Å². The number of methoxy groups -OCH3 is 1. The first-order valence-electron chi connectivity index (χ1n) is 5.79. The Bertz CT molecular complexity index is 564. The third-order valence-corrected chi connectivity index (χ3v) is 3.78. The summed E-state index contributed by atoms with van der Waals surface area (Å²) < 4.78 is 29.6. The number of ether oxygens (including phenoxy) is 1. The van der Waals surface area contributed by atoms with Crippen molar-refractivity contribution in [1.82, 2.24) is 4.72 Å². The molecule has 0 saturated carbocycles. The van der Waals surface area contributed by atoms with Gasteiger partial charge in [0, 0.05) is 12.6 Å². The quantitative estimate of drug-likeness (QED) is 0.631. The molecule has 1 aromatic rings. The monoisotopic (exact) mass is 283 g/mol. The van der Waals surface area contributed by atoms with Gasteiger partial charge >= 0.3 is 5.97 Å². The zero-order valence-corrected chi connectivity index (χ0v) is 11.7. The maximum absolute atomic E-state index is 11.3. The van der Waals surface area contributed by atoms with Gasteiger partial charge in [-0.3, -0.25) is 0 Å². The first kappa shape index (κ1) is 15.4. The fraction of sp³-hybridized carbons (Fsp3) is 0.308. The molecule has 0 aliphatic heterocycles. The molecule has 0 saturated heterocycles. The van der Waals surface area contributed by atoms with Gasteiger partial charge in [0.1, 0.15) is 0 Å². The molecule has 0 amide bonds. The van der Waals surface area contributed by atoms with Gasteiger partial charge in [0.25, 0.3) is 0 Å². The Kier molecular flexibility index (Phi) is 5.72. The molecule has 0 heterocycles. The molecular formula is C13H17NO4S. The van der Waals surface area contributed by atoms with Crippen LogP contribution >= 0.6 is 0 Å². The van der Waals surface area contributed by atoms with Crippen molar-refractivity contribution in [2.75, 3.05) is 12.9 Å². The number of hydrogen-bond acceptors (Lipinski definition) is 4. The van der Waals surface area contributed by atoms with Crippen molar-refractivity contribution < 1.29 is 17.9 Å². The Balaban J connectivity index is 2.72. The molecule has 0 unspecified atom stereocenters. The van der Waals surface area contributed by atoms with E-state index < -0.39 is 16.0 Å². The van der Waals surface area contributed by atoms with Crippen molar-refractivity contribution in [3.05, 3.63) is 41.5 Å². The van der Waals surface area contributed by atoms with Gasteiger partial charge in [-0.05, 0) is 24.1 Å². The highest BCUT2D eigenvalue weighted by molar-refractivity contribution is 7.89. The Morgan fingerprint density at radius 3 is 2.79 bits per heavy atom. The molecule has 0 atom stereocenters. The van der Waals surface area contributed by atoms with Crippen LogP contribution in [-0.4, -0.2) is 27.2 Å². The third kappa shape index (κ3) is 5.67. The zero-order valence-electron chi connectivity index (χ0n) is 10.9. The van der Waals surface area contributed by atoms with Crippen LogP contribution in [0, 0.1) is 0 Å². The van der Waals surface area contributed by atoms with Crippen molar-refractivity contribution in [3.8, 4) is 0 Å². The molecule has 5 nitrogen and oxygen atoms in total. The number of benzene rings is 1. The molecule has 0 fully saturated rings. The molecule has 1 rings (SSSR count). The first-order chi connectivity index (χ1) is 8.96. The molecule has 0 bridgehead atoms. The fourth-order valence-electron chi connectivity index (χ4n) is 1.33. The number of nitrogens with one attached hydrogen (secondary N) is 1. The second kappa shape index (κ2) is 7.06. The van der Waals surface area contributed by atoms with E-state index in [1.807, 2.05) is 12.1 Å². The van der Waals surface area contributed by atoms with Crippen LogP contribution in [0.25, 0.3) is 6.08 Å². The van der Waals surface area contributed by atoms with Crippen LogP contribution in [0.3, 0.4) is 0 Å². The number of carbonyl (C=O) groups excluding carboxylic acids is 1. The second-order valence-electron chi connectivity index (χ2n) is 3.83. The average molecular weight is 283 g/mol. The van der Waals surface area contributed by atoms with Crippen LogP contribution in [0.1, 0.15) is 18.1 Å². The summed E-state index contributed by atoms with van der Waals surface area (Å²) in [5.41, 5.74) is 1.63. The lowest BCUT2D eigenvalue weighted by Gasteiger charge is -2.05. The number of sulfonamides is 1. The largest absolute Gasteiger partial charge is 0.466 e. The van der Waals surface area contributed by atoms with E-state index in [1.54, 1.807) is 25.1 Å². The minimum absolute atomic E-state index is 0.0505. The van der Waals surface area contributed by atoms with Crippen molar-refractivity contribution in [2.24, 2.45) is 0 Å². The molecule has 0 aliphatic carbocycles. The number of hydrogen-bond donors (Lipinski definition) is 1. The van der Waals surface area contributed by atoms with E-state index in [0.717, 1.165) is 11.1 Å². The highest BCUT2D eigenvalue weighted by Gasteiger charge is 2.05. The maximum atomic E-state index is 11.3. The van der Waals surface area contributed by atoms with E-state index in [0.29, 0.717) is 0 Å². The lowest BCUT2D eigenvalue weighted by molar-refractivity contribution is -0.134. The van der Waals surface area contributed by atoms with E-state index in [-0.39, 0.29) is 12.3 Å². The van der Waals surface area contributed by atoms with Gasteiger partial charge in [0.05, 0.1) is 12.9 Å². The van der Waals surface area contributed by atoms with E-state index in [9.17, 15) is 13.2 Å². The van der Waals surface area contributed by atoms with Gasteiger partial charge in [-0.25, -0.2) is 17.9 Å². The van der Waals surface area contributed by atoms with Crippen LogP contribution < -0.4 is 4.72 Å². The fourth-order valence-corrected chi connectivity index (χ4v) is 1.93. The lowest BCUT2D eigenvalue weighted by atomic mass is 10.1. The summed E-state index contributed by atoms with van der Waals surface area (Å²) in [6.07, 6.45) is 2.93. The van der Waals surface area contributed by atoms with Crippen molar-refractivity contribution in [2.45, 2.75) is 13.5 Å². The van der Waals surface area contributed by atoms with E-state index in [4.69, 9.17) is 0 Å². The molecular weight excluding hydrogens is 266 g/mol.